The number of hydrogen-bond acceptors (Lipinski definition) is 4. The van der Waals surface area contributed by atoms with Crippen molar-refractivity contribution in [1.82, 2.24) is 0 Å². The zero-order valence-corrected chi connectivity index (χ0v) is 8.27. The second kappa shape index (κ2) is 5.60. The number of methoxy groups -OCH3 is 1. The highest BCUT2D eigenvalue weighted by molar-refractivity contribution is 7.08. The molecule has 0 aliphatic carbocycles. The van der Waals surface area contributed by atoms with Crippen molar-refractivity contribution in [3.63, 3.8) is 0 Å². The maximum absolute atomic E-state index is 10.8. The molecule has 0 amide bonds. The number of nitrogen functional groups attached to an aromatic ring is 1. The molecule has 0 saturated carbocycles. The average molecular weight is 187 g/mol. The maximum atomic E-state index is 10.8. The van der Waals surface area contributed by atoms with Crippen molar-refractivity contribution >= 4 is 23.0 Å². The van der Waals surface area contributed by atoms with E-state index < -0.39 is 0 Å². The van der Waals surface area contributed by atoms with E-state index in [1.54, 1.807) is 10.8 Å². The molecule has 0 unspecified atom stereocenters. The van der Waals surface area contributed by atoms with Crippen molar-refractivity contribution in [2.75, 3.05) is 12.8 Å². The van der Waals surface area contributed by atoms with Gasteiger partial charge in [-0.15, -0.1) is 11.3 Å². The molecule has 0 saturated heterocycles. The fraction of sp³-hybridized carbons (Fsp3) is 0.375. The molecular weight excluding hydrogens is 174 g/mol. The smallest absolute Gasteiger partial charge is 0.340 e. The van der Waals surface area contributed by atoms with Crippen LogP contribution in [0.4, 0.5) is 5.69 Å². The number of esters is 1. The second-order valence-electron chi connectivity index (χ2n) is 1.73. The van der Waals surface area contributed by atoms with E-state index in [1.165, 1.54) is 18.4 Å². The fourth-order valence-corrected chi connectivity index (χ4v) is 1.29. The first-order chi connectivity index (χ1) is 5.75. The van der Waals surface area contributed by atoms with Crippen molar-refractivity contribution < 1.29 is 9.53 Å². The zero-order chi connectivity index (χ0) is 9.56. The number of thiophene rings is 1. The summed E-state index contributed by atoms with van der Waals surface area (Å²) in [5, 5.41) is 3.37. The van der Waals surface area contributed by atoms with Gasteiger partial charge in [0.15, 0.2) is 0 Å². The Bertz CT molecular complexity index is 245. The molecule has 0 aliphatic rings. The highest BCUT2D eigenvalue weighted by atomic mass is 32.1. The lowest BCUT2D eigenvalue weighted by molar-refractivity contribution is 0.0602. The van der Waals surface area contributed by atoms with Gasteiger partial charge in [0.2, 0.25) is 0 Å². The Kier molecular flexibility index (Phi) is 5.12. The van der Waals surface area contributed by atoms with Gasteiger partial charge in [-0.2, -0.15) is 0 Å². The summed E-state index contributed by atoms with van der Waals surface area (Å²) in [4.78, 5) is 10.8. The number of ether oxygens (including phenoxy) is 1. The minimum atomic E-state index is -0.376. The first kappa shape index (κ1) is 11.0. The minimum Gasteiger partial charge on any atom is -0.465 e. The van der Waals surface area contributed by atoms with E-state index in [-0.39, 0.29) is 5.97 Å². The van der Waals surface area contributed by atoms with E-state index >= 15 is 0 Å². The Morgan fingerprint density at radius 1 is 1.50 bits per heavy atom. The Balaban J connectivity index is 0.000000561. The molecule has 0 aliphatic heterocycles. The molecule has 12 heavy (non-hydrogen) atoms. The molecular formula is C8H13NO2S. The van der Waals surface area contributed by atoms with Crippen molar-refractivity contribution in [3.05, 3.63) is 16.3 Å². The van der Waals surface area contributed by atoms with Crippen LogP contribution in [0, 0.1) is 0 Å². The first-order valence-corrected chi connectivity index (χ1v) is 4.60. The van der Waals surface area contributed by atoms with Crippen molar-refractivity contribution in [1.29, 1.82) is 0 Å². The van der Waals surface area contributed by atoms with Gasteiger partial charge in [0.1, 0.15) is 0 Å². The van der Waals surface area contributed by atoms with Crippen LogP contribution in [0.2, 0.25) is 0 Å². The van der Waals surface area contributed by atoms with E-state index in [2.05, 4.69) is 4.74 Å². The average Bonchev–Trinajstić information content (AvgIpc) is 2.54. The van der Waals surface area contributed by atoms with Crippen LogP contribution in [0.15, 0.2) is 10.8 Å². The number of nitrogens with two attached hydrogens (primary N) is 1. The molecule has 2 N–H and O–H groups in total. The lowest BCUT2D eigenvalue weighted by Gasteiger charge is -1.94. The second-order valence-corrected chi connectivity index (χ2v) is 2.48. The molecule has 1 aromatic rings. The molecule has 1 rings (SSSR count). The molecule has 0 fully saturated rings. The SMILES string of the molecule is CC.COC(=O)c1cscc1N. The van der Waals surface area contributed by atoms with E-state index in [0.717, 1.165) is 0 Å². The van der Waals surface area contributed by atoms with Crippen molar-refractivity contribution in [3.8, 4) is 0 Å². The first-order valence-electron chi connectivity index (χ1n) is 3.65. The molecule has 1 aromatic heterocycles. The van der Waals surface area contributed by atoms with Gasteiger partial charge in [-0.05, 0) is 0 Å². The predicted molar refractivity (Wildman–Crippen MR) is 51.4 cm³/mol. The zero-order valence-electron chi connectivity index (χ0n) is 7.46. The Labute approximate surface area is 76.2 Å². The number of carbonyl (C=O) groups is 1. The van der Waals surface area contributed by atoms with Crippen LogP contribution in [0.5, 0.6) is 0 Å². The fourth-order valence-electron chi connectivity index (χ4n) is 0.583. The van der Waals surface area contributed by atoms with Crippen LogP contribution >= 0.6 is 11.3 Å². The van der Waals surface area contributed by atoms with Gasteiger partial charge in [-0.3, -0.25) is 0 Å². The van der Waals surface area contributed by atoms with E-state index in [0.29, 0.717) is 11.3 Å². The third-order valence-electron chi connectivity index (χ3n) is 1.10. The van der Waals surface area contributed by atoms with Crippen LogP contribution in [-0.2, 0) is 4.74 Å². The molecule has 4 heteroatoms. The summed E-state index contributed by atoms with van der Waals surface area (Å²) in [5.41, 5.74) is 6.36. The number of hydrogen-bond donors (Lipinski definition) is 1. The number of carbonyl (C=O) groups excluding carboxylic acids is 1. The highest BCUT2D eigenvalue weighted by Crippen LogP contribution is 2.17. The molecule has 0 bridgehead atoms. The maximum Gasteiger partial charge on any atom is 0.340 e. The third-order valence-corrected chi connectivity index (χ3v) is 1.86. The summed E-state index contributed by atoms with van der Waals surface area (Å²) in [6, 6.07) is 0. The van der Waals surface area contributed by atoms with Crippen LogP contribution in [-0.4, -0.2) is 13.1 Å². The Morgan fingerprint density at radius 3 is 2.42 bits per heavy atom. The number of anilines is 1. The van der Waals surface area contributed by atoms with E-state index in [4.69, 9.17) is 5.73 Å². The van der Waals surface area contributed by atoms with Crippen molar-refractivity contribution in [2.24, 2.45) is 0 Å². The highest BCUT2D eigenvalue weighted by Gasteiger charge is 2.08. The third kappa shape index (κ3) is 2.54. The van der Waals surface area contributed by atoms with Gasteiger partial charge in [0.05, 0.1) is 18.4 Å². The molecule has 68 valence electrons. The van der Waals surface area contributed by atoms with Crippen LogP contribution < -0.4 is 5.73 Å². The van der Waals surface area contributed by atoms with Crippen LogP contribution in [0.3, 0.4) is 0 Å². The quantitative estimate of drug-likeness (QED) is 0.685. The normalized spacial score (nSPS) is 8.25. The van der Waals surface area contributed by atoms with Gasteiger partial charge in [-0.1, -0.05) is 13.8 Å². The molecule has 0 spiro atoms. The van der Waals surface area contributed by atoms with Crippen LogP contribution in [0.25, 0.3) is 0 Å². The summed E-state index contributed by atoms with van der Waals surface area (Å²) in [6.07, 6.45) is 0. The molecule has 0 atom stereocenters. The van der Waals surface area contributed by atoms with Gasteiger partial charge in [0, 0.05) is 10.8 Å². The summed E-state index contributed by atoms with van der Waals surface area (Å²) in [6.45, 7) is 4.00. The summed E-state index contributed by atoms with van der Waals surface area (Å²) in [7, 11) is 1.33. The van der Waals surface area contributed by atoms with Gasteiger partial charge in [-0.25, -0.2) is 4.79 Å². The van der Waals surface area contributed by atoms with Crippen LogP contribution in [0.1, 0.15) is 24.2 Å². The summed E-state index contributed by atoms with van der Waals surface area (Å²) >= 11 is 1.38. The Morgan fingerprint density at radius 2 is 2.08 bits per heavy atom. The lowest BCUT2D eigenvalue weighted by Crippen LogP contribution is -2.02. The van der Waals surface area contributed by atoms with Gasteiger partial charge in [0.25, 0.3) is 0 Å². The minimum absolute atomic E-state index is 0.376. The topological polar surface area (TPSA) is 52.3 Å². The van der Waals surface area contributed by atoms with Gasteiger partial charge < -0.3 is 10.5 Å². The molecule has 0 aromatic carbocycles. The molecule has 3 nitrogen and oxygen atoms in total. The predicted octanol–water partition coefficient (Wildman–Crippen LogP) is 2.14. The van der Waals surface area contributed by atoms with E-state index in [1.807, 2.05) is 13.8 Å². The van der Waals surface area contributed by atoms with E-state index in [9.17, 15) is 4.79 Å². The largest absolute Gasteiger partial charge is 0.465 e. The van der Waals surface area contributed by atoms with Crippen molar-refractivity contribution in [2.45, 2.75) is 13.8 Å². The monoisotopic (exact) mass is 187 g/mol. The molecule has 1 heterocycles. The van der Waals surface area contributed by atoms with Gasteiger partial charge >= 0.3 is 5.97 Å². The standard InChI is InChI=1S/C6H7NO2S.C2H6/c1-9-6(8)4-2-10-3-5(4)7;1-2/h2-3H,7H2,1H3;1-2H3. The summed E-state index contributed by atoms with van der Waals surface area (Å²) < 4.78 is 4.46. The Hall–Kier alpha value is -1.03. The summed E-state index contributed by atoms with van der Waals surface area (Å²) in [5.74, 6) is -0.376. The lowest BCUT2D eigenvalue weighted by atomic mass is 10.3. The molecule has 0 radical (unpaired) electrons. The number of rotatable bonds is 1.